The molecule has 2 aliphatic heterocycles. The number of pyridine rings is 1. The van der Waals surface area contributed by atoms with Crippen LogP contribution >= 0.6 is 0 Å². The summed E-state index contributed by atoms with van der Waals surface area (Å²) in [4.78, 5) is 21.4. The van der Waals surface area contributed by atoms with Crippen LogP contribution < -0.4 is 4.90 Å². The minimum atomic E-state index is 0.105. The lowest BCUT2D eigenvalue weighted by Crippen LogP contribution is -2.35. The first kappa shape index (κ1) is 15.3. The number of likely N-dealkylation sites (tertiary alicyclic amines) is 1. The fraction of sp³-hybridized carbons (Fsp3) is 0.667. The van der Waals surface area contributed by atoms with Crippen molar-refractivity contribution in [2.45, 2.75) is 45.4 Å². The van der Waals surface area contributed by atoms with Crippen molar-refractivity contribution in [3.8, 4) is 0 Å². The summed E-state index contributed by atoms with van der Waals surface area (Å²) in [5.74, 6) is 0.834. The first-order chi connectivity index (χ1) is 10.7. The molecule has 4 nitrogen and oxygen atoms in total. The molecule has 1 atom stereocenters. The highest BCUT2D eigenvalue weighted by Crippen LogP contribution is 2.23. The van der Waals surface area contributed by atoms with Crippen LogP contribution in [0.3, 0.4) is 0 Å². The zero-order valence-corrected chi connectivity index (χ0v) is 13.6. The number of piperidine rings is 1. The molecule has 0 spiro atoms. The second-order valence-electron chi connectivity index (χ2n) is 6.80. The number of rotatable bonds is 2. The largest absolute Gasteiger partial charge is 0.371 e. The van der Waals surface area contributed by atoms with E-state index in [9.17, 15) is 4.79 Å². The van der Waals surface area contributed by atoms with Gasteiger partial charge in [0.15, 0.2) is 0 Å². The molecule has 1 aromatic heterocycles. The Hall–Kier alpha value is -1.58. The highest BCUT2D eigenvalue weighted by molar-refractivity contribution is 5.93. The van der Waals surface area contributed by atoms with Crippen molar-refractivity contribution in [3.63, 3.8) is 0 Å². The van der Waals surface area contributed by atoms with E-state index in [-0.39, 0.29) is 5.91 Å². The summed E-state index contributed by atoms with van der Waals surface area (Å²) in [5.41, 5.74) is 1.76. The lowest BCUT2D eigenvalue weighted by atomic mass is 10.00. The normalized spacial score (nSPS) is 23.2. The van der Waals surface area contributed by atoms with Gasteiger partial charge in [0.25, 0.3) is 5.91 Å². The smallest absolute Gasteiger partial charge is 0.272 e. The van der Waals surface area contributed by atoms with Crippen molar-refractivity contribution in [3.05, 3.63) is 24.0 Å². The van der Waals surface area contributed by atoms with E-state index in [4.69, 9.17) is 0 Å². The number of amides is 1. The van der Waals surface area contributed by atoms with Crippen molar-refractivity contribution >= 4 is 11.6 Å². The second-order valence-corrected chi connectivity index (χ2v) is 6.80. The number of nitrogens with zero attached hydrogens (tertiary/aromatic N) is 3. The van der Waals surface area contributed by atoms with Crippen LogP contribution in [-0.2, 0) is 0 Å². The van der Waals surface area contributed by atoms with Gasteiger partial charge in [-0.05, 0) is 43.7 Å². The quantitative estimate of drug-likeness (QED) is 0.840. The monoisotopic (exact) mass is 301 g/mol. The Kier molecular flexibility index (Phi) is 4.96. The van der Waals surface area contributed by atoms with Gasteiger partial charge < -0.3 is 9.80 Å². The fourth-order valence-electron chi connectivity index (χ4n) is 3.59. The third-order valence-electron chi connectivity index (χ3n) is 4.88. The van der Waals surface area contributed by atoms with Crippen LogP contribution in [0.2, 0.25) is 0 Å². The summed E-state index contributed by atoms with van der Waals surface area (Å²) >= 11 is 0. The standard InChI is InChI=1S/C18H27N3O/c1-15-7-6-12-21(14-15)16-8-9-19-17(13-16)18(22)20-10-4-2-3-5-11-20/h8-9,13,15H,2-7,10-12,14H2,1H3. The van der Waals surface area contributed by atoms with E-state index in [1.807, 2.05) is 17.0 Å². The molecule has 1 unspecified atom stereocenters. The van der Waals surface area contributed by atoms with Crippen LogP contribution in [0.15, 0.2) is 18.3 Å². The molecule has 1 amide bonds. The lowest BCUT2D eigenvalue weighted by molar-refractivity contribution is 0.0756. The van der Waals surface area contributed by atoms with Crippen LogP contribution in [0.5, 0.6) is 0 Å². The molecule has 120 valence electrons. The van der Waals surface area contributed by atoms with Crippen LogP contribution in [0.25, 0.3) is 0 Å². The molecule has 0 aliphatic carbocycles. The van der Waals surface area contributed by atoms with Gasteiger partial charge in [-0.3, -0.25) is 9.78 Å². The van der Waals surface area contributed by atoms with E-state index in [0.29, 0.717) is 5.69 Å². The van der Waals surface area contributed by atoms with Crippen molar-refractivity contribution in [1.82, 2.24) is 9.88 Å². The van der Waals surface area contributed by atoms with Gasteiger partial charge in [0.1, 0.15) is 5.69 Å². The number of aromatic nitrogens is 1. The van der Waals surface area contributed by atoms with E-state index in [1.165, 1.54) is 25.7 Å². The summed E-state index contributed by atoms with van der Waals surface area (Å²) in [5, 5.41) is 0. The molecular weight excluding hydrogens is 274 g/mol. The molecule has 0 N–H and O–H groups in total. The summed E-state index contributed by atoms with van der Waals surface area (Å²) in [6.07, 6.45) is 9.05. The number of hydrogen-bond acceptors (Lipinski definition) is 3. The lowest BCUT2D eigenvalue weighted by Gasteiger charge is -2.33. The fourth-order valence-corrected chi connectivity index (χ4v) is 3.59. The van der Waals surface area contributed by atoms with E-state index in [2.05, 4.69) is 16.8 Å². The molecule has 3 heterocycles. The van der Waals surface area contributed by atoms with Crippen LogP contribution in [0, 0.1) is 5.92 Å². The van der Waals surface area contributed by atoms with Crippen LogP contribution in [0.4, 0.5) is 5.69 Å². The van der Waals surface area contributed by atoms with Gasteiger partial charge in [0.2, 0.25) is 0 Å². The van der Waals surface area contributed by atoms with Crippen molar-refractivity contribution < 1.29 is 4.79 Å². The van der Waals surface area contributed by atoms with E-state index >= 15 is 0 Å². The predicted octanol–water partition coefficient (Wildman–Crippen LogP) is 3.33. The molecule has 2 aliphatic rings. The molecule has 0 saturated carbocycles. The maximum atomic E-state index is 12.7. The average molecular weight is 301 g/mol. The Morgan fingerprint density at radius 1 is 1.14 bits per heavy atom. The number of anilines is 1. The van der Waals surface area contributed by atoms with E-state index < -0.39 is 0 Å². The molecule has 0 radical (unpaired) electrons. The third-order valence-corrected chi connectivity index (χ3v) is 4.88. The van der Waals surface area contributed by atoms with Gasteiger partial charge in [0.05, 0.1) is 0 Å². The SMILES string of the molecule is CC1CCCN(c2ccnc(C(=O)N3CCCCCC3)c2)C1. The molecule has 22 heavy (non-hydrogen) atoms. The van der Waals surface area contributed by atoms with Gasteiger partial charge in [-0.1, -0.05) is 19.8 Å². The first-order valence-electron chi connectivity index (χ1n) is 8.74. The van der Waals surface area contributed by atoms with Crippen LogP contribution in [-0.4, -0.2) is 42.0 Å². The minimum absolute atomic E-state index is 0.105. The summed E-state index contributed by atoms with van der Waals surface area (Å²) < 4.78 is 0. The zero-order valence-electron chi connectivity index (χ0n) is 13.6. The Morgan fingerprint density at radius 3 is 2.64 bits per heavy atom. The number of hydrogen-bond donors (Lipinski definition) is 0. The van der Waals surface area contributed by atoms with Crippen molar-refractivity contribution in [2.24, 2.45) is 5.92 Å². The minimum Gasteiger partial charge on any atom is -0.371 e. The molecule has 0 bridgehead atoms. The van der Waals surface area contributed by atoms with Crippen molar-refractivity contribution in [1.29, 1.82) is 0 Å². The van der Waals surface area contributed by atoms with Gasteiger partial charge in [-0.25, -0.2) is 0 Å². The maximum Gasteiger partial charge on any atom is 0.272 e. The van der Waals surface area contributed by atoms with Crippen LogP contribution in [0.1, 0.15) is 55.9 Å². The summed E-state index contributed by atoms with van der Waals surface area (Å²) in [6.45, 7) is 6.24. The predicted molar refractivity (Wildman–Crippen MR) is 89.2 cm³/mol. The number of carbonyl (C=O) groups is 1. The average Bonchev–Trinajstić information content (AvgIpc) is 2.83. The molecule has 0 aromatic carbocycles. The van der Waals surface area contributed by atoms with Crippen molar-refractivity contribution in [2.75, 3.05) is 31.1 Å². The van der Waals surface area contributed by atoms with Gasteiger partial charge in [-0.2, -0.15) is 0 Å². The molecule has 4 heteroatoms. The maximum absolute atomic E-state index is 12.7. The zero-order chi connectivity index (χ0) is 15.4. The highest BCUT2D eigenvalue weighted by atomic mass is 16.2. The van der Waals surface area contributed by atoms with E-state index in [0.717, 1.165) is 50.6 Å². The molecule has 3 rings (SSSR count). The number of carbonyl (C=O) groups excluding carboxylic acids is 1. The molecular formula is C18H27N3O. The highest BCUT2D eigenvalue weighted by Gasteiger charge is 2.21. The van der Waals surface area contributed by atoms with Gasteiger partial charge >= 0.3 is 0 Å². The van der Waals surface area contributed by atoms with Gasteiger partial charge in [0, 0.05) is 38.1 Å². The Bertz CT molecular complexity index is 509. The Morgan fingerprint density at radius 2 is 1.91 bits per heavy atom. The molecule has 1 aromatic rings. The molecule has 2 fully saturated rings. The van der Waals surface area contributed by atoms with Gasteiger partial charge in [-0.15, -0.1) is 0 Å². The topological polar surface area (TPSA) is 36.4 Å². The Balaban J connectivity index is 1.73. The van der Waals surface area contributed by atoms with E-state index in [1.54, 1.807) is 6.20 Å². The summed E-state index contributed by atoms with van der Waals surface area (Å²) in [6, 6.07) is 4.03. The second kappa shape index (κ2) is 7.12. The summed E-state index contributed by atoms with van der Waals surface area (Å²) in [7, 11) is 0. The first-order valence-corrected chi connectivity index (χ1v) is 8.74. The Labute approximate surface area is 133 Å². The molecule has 2 saturated heterocycles. The third kappa shape index (κ3) is 3.60.